The summed E-state index contributed by atoms with van der Waals surface area (Å²) in [6.07, 6.45) is 1.46. The lowest BCUT2D eigenvalue weighted by Crippen LogP contribution is -2.37. The Bertz CT molecular complexity index is 917. The minimum absolute atomic E-state index is 0.164. The first-order valence-electron chi connectivity index (χ1n) is 9.18. The zero-order valence-corrected chi connectivity index (χ0v) is 17.2. The third-order valence-corrected chi connectivity index (χ3v) is 5.12. The minimum Gasteiger partial charge on any atom is -0.497 e. The third-order valence-electron chi connectivity index (χ3n) is 4.26. The smallest absolute Gasteiger partial charge is 0.314 e. The van der Waals surface area contributed by atoms with Crippen LogP contribution in [0.3, 0.4) is 0 Å². The summed E-state index contributed by atoms with van der Waals surface area (Å²) < 4.78 is 6.99. The summed E-state index contributed by atoms with van der Waals surface area (Å²) in [4.78, 5) is 16.5. The average molecular weight is 400 g/mol. The molecule has 2 N–H and O–H groups in total. The number of aromatic nitrogens is 3. The Morgan fingerprint density at radius 3 is 2.50 bits per heavy atom. The lowest BCUT2D eigenvalue weighted by Gasteiger charge is -2.07. The molecule has 2 heterocycles. The summed E-state index contributed by atoms with van der Waals surface area (Å²) in [7, 11) is 1.65. The summed E-state index contributed by atoms with van der Waals surface area (Å²) in [5.41, 5.74) is 4.14. The van der Waals surface area contributed by atoms with Crippen molar-refractivity contribution in [2.75, 3.05) is 20.2 Å². The second-order valence-corrected chi connectivity index (χ2v) is 7.33. The molecular weight excluding hydrogens is 374 g/mol. The van der Waals surface area contributed by atoms with Gasteiger partial charge in [0.1, 0.15) is 5.75 Å². The van der Waals surface area contributed by atoms with Gasteiger partial charge in [-0.05, 0) is 44.0 Å². The predicted molar refractivity (Wildman–Crippen MR) is 111 cm³/mol. The fourth-order valence-corrected chi connectivity index (χ4v) is 3.68. The fourth-order valence-electron chi connectivity index (χ4n) is 2.81. The lowest BCUT2D eigenvalue weighted by molar-refractivity contribution is 0.241. The topological polar surface area (TPSA) is 81.1 Å². The average Bonchev–Trinajstić information content (AvgIpc) is 3.28. The summed E-state index contributed by atoms with van der Waals surface area (Å²) in [5, 5.41) is 13.1. The Labute approximate surface area is 168 Å². The number of carbonyl (C=O) groups excluding carboxylic acids is 1. The molecule has 148 valence electrons. The second kappa shape index (κ2) is 9.36. The molecule has 28 heavy (non-hydrogen) atoms. The number of aryl methyl sites for hydroxylation is 2. The monoisotopic (exact) mass is 399 g/mol. The van der Waals surface area contributed by atoms with E-state index in [0.717, 1.165) is 39.9 Å². The molecule has 0 unspecified atom stereocenters. The maximum Gasteiger partial charge on any atom is 0.314 e. The van der Waals surface area contributed by atoms with Gasteiger partial charge >= 0.3 is 6.03 Å². The quantitative estimate of drug-likeness (QED) is 0.610. The van der Waals surface area contributed by atoms with Crippen LogP contribution >= 0.6 is 11.3 Å². The van der Waals surface area contributed by atoms with Crippen molar-refractivity contribution in [1.29, 1.82) is 0 Å². The highest BCUT2D eigenvalue weighted by Crippen LogP contribution is 2.17. The van der Waals surface area contributed by atoms with E-state index in [2.05, 4.69) is 20.7 Å². The molecule has 7 nitrogen and oxygen atoms in total. The lowest BCUT2D eigenvalue weighted by atomic mass is 10.1. The van der Waals surface area contributed by atoms with Crippen LogP contribution < -0.4 is 15.4 Å². The van der Waals surface area contributed by atoms with Crippen LogP contribution in [0.25, 0.3) is 5.13 Å². The summed E-state index contributed by atoms with van der Waals surface area (Å²) in [5.74, 6) is 0.831. The second-order valence-electron chi connectivity index (χ2n) is 6.49. The Morgan fingerprint density at radius 2 is 1.86 bits per heavy atom. The number of carbonyl (C=O) groups is 1. The standard InChI is InChI=1S/C20H25N5O2S/c1-14-12-15(2)25(24-14)20-23-17(13-28-20)9-11-22-19(26)21-10-8-16-4-6-18(27-3)7-5-16/h4-7,12-13H,8-11H2,1-3H3,(H2,21,22,26). The zero-order valence-electron chi connectivity index (χ0n) is 16.4. The predicted octanol–water partition coefficient (Wildman–Crippen LogP) is 3.04. The molecule has 0 aliphatic heterocycles. The van der Waals surface area contributed by atoms with Crippen molar-refractivity contribution < 1.29 is 9.53 Å². The van der Waals surface area contributed by atoms with E-state index >= 15 is 0 Å². The molecule has 3 aromatic rings. The van der Waals surface area contributed by atoms with E-state index in [9.17, 15) is 4.79 Å². The Morgan fingerprint density at radius 1 is 1.14 bits per heavy atom. The molecule has 0 fully saturated rings. The van der Waals surface area contributed by atoms with E-state index in [4.69, 9.17) is 4.74 Å². The molecule has 8 heteroatoms. The van der Waals surface area contributed by atoms with Crippen molar-refractivity contribution in [3.8, 4) is 10.9 Å². The van der Waals surface area contributed by atoms with Crippen molar-refractivity contribution in [2.24, 2.45) is 0 Å². The van der Waals surface area contributed by atoms with Gasteiger partial charge in [0.2, 0.25) is 5.13 Å². The highest BCUT2D eigenvalue weighted by atomic mass is 32.1. The molecule has 0 aliphatic carbocycles. The van der Waals surface area contributed by atoms with Gasteiger partial charge in [0.05, 0.1) is 18.5 Å². The SMILES string of the molecule is COc1ccc(CCNC(=O)NCCc2csc(-n3nc(C)cc3C)n2)cc1. The molecule has 0 bridgehead atoms. The normalized spacial score (nSPS) is 10.7. The van der Waals surface area contributed by atoms with Crippen LogP contribution in [0.1, 0.15) is 22.6 Å². The van der Waals surface area contributed by atoms with Crippen LogP contribution in [0.5, 0.6) is 5.75 Å². The van der Waals surface area contributed by atoms with Crippen molar-refractivity contribution in [3.63, 3.8) is 0 Å². The fraction of sp³-hybridized carbons (Fsp3) is 0.350. The molecule has 0 aliphatic rings. The van der Waals surface area contributed by atoms with Crippen LogP contribution in [-0.2, 0) is 12.8 Å². The van der Waals surface area contributed by atoms with Crippen LogP contribution in [-0.4, -0.2) is 41.0 Å². The summed E-state index contributed by atoms with van der Waals surface area (Å²) in [6.45, 7) is 5.10. The molecular formula is C20H25N5O2S. The maximum atomic E-state index is 11.9. The highest BCUT2D eigenvalue weighted by Gasteiger charge is 2.09. The van der Waals surface area contributed by atoms with Crippen LogP contribution in [0, 0.1) is 13.8 Å². The molecule has 2 amide bonds. The van der Waals surface area contributed by atoms with Crippen LogP contribution in [0.4, 0.5) is 4.79 Å². The van der Waals surface area contributed by atoms with Gasteiger partial charge in [-0.15, -0.1) is 11.3 Å². The van der Waals surface area contributed by atoms with Crippen molar-refractivity contribution >= 4 is 17.4 Å². The van der Waals surface area contributed by atoms with Crippen LogP contribution in [0.15, 0.2) is 35.7 Å². The van der Waals surface area contributed by atoms with E-state index in [1.165, 1.54) is 0 Å². The van der Waals surface area contributed by atoms with Crippen molar-refractivity contribution in [3.05, 3.63) is 58.4 Å². The highest BCUT2D eigenvalue weighted by molar-refractivity contribution is 7.12. The summed E-state index contributed by atoms with van der Waals surface area (Å²) >= 11 is 1.56. The van der Waals surface area contributed by atoms with E-state index < -0.39 is 0 Å². The van der Waals surface area contributed by atoms with Crippen molar-refractivity contribution in [2.45, 2.75) is 26.7 Å². The molecule has 0 radical (unpaired) electrons. The van der Waals surface area contributed by atoms with Gasteiger partial charge in [0.15, 0.2) is 0 Å². The number of methoxy groups -OCH3 is 1. The van der Waals surface area contributed by atoms with E-state index in [1.807, 2.05) is 54.2 Å². The largest absolute Gasteiger partial charge is 0.497 e. The molecule has 2 aromatic heterocycles. The molecule has 3 rings (SSSR count). The zero-order chi connectivity index (χ0) is 19.9. The molecule has 1 aromatic carbocycles. The number of nitrogens with zero attached hydrogens (tertiary/aromatic N) is 3. The van der Waals surface area contributed by atoms with Gasteiger partial charge in [0.25, 0.3) is 0 Å². The first-order chi connectivity index (χ1) is 13.5. The Kier molecular flexibility index (Phi) is 6.65. The number of hydrogen-bond donors (Lipinski definition) is 2. The molecule has 0 saturated carbocycles. The molecule has 0 atom stereocenters. The van der Waals surface area contributed by atoms with Gasteiger partial charge in [-0.3, -0.25) is 0 Å². The number of hydrogen-bond acceptors (Lipinski definition) is 5. The minimum atomic E-state index is -0.164. The number of thiazole rings is 1. The first-order valence-corrected chi connectivity index (χ1v) is 10.1. The number of nitrogens with one attached hydrogen (secondary N) is 2. The van der Waals surface area contributed by atoms with Gasteiger partial charge in [-0.1, -0.05) is 12.1 Å². The molecule has 0 saturated heterocycles. The number of rotatable bonds is 8. The number of ether oxygens (including phenoxy) is 1. The van der Waals surface area contributed by atoms with Gasteiger partial charge in [0, 0.05) is 30.6 Å². The van der Waals surface area contributed by atoms with Gasteiger partial charge < -0.3 is 15.4 Å². The van der Waals surface area contributed by atoms with Gasteiger partial charge in [-0.2, -0.15) is 5.10 Å². The number of amides is 2. The van der Waals surface area contributed by atoms with E-state index in [1.54, 1.807) is 18.4 Å². The van der Waals surface area contributed by atoms with E-state index in [0.29, 0.717) is 19.5 Å². The number of urea groups is 1. The van der Waals surface area contributed by atoms with Crippen LogP contribution in [0.2, 0.25) is 0 Å². The van der Waals surface area contributed by atoms with Gasteiger partial charge in [-0.25, -0.2) is 14.5 Å². The maximum absolute atomic E-state index is 11.9. The Balaban J connectivity index is 1.37. The third kappa shape index (κ3) is 5.32. The number of benzene rings is 1. The summed E-state index contributed by atoms with van der Waals surface area (Å²) in [6, 6.07) is 9.70. The van der Waals surface area contributed by atoms with E-state index in [-0.39, 0.29) is 6.03 Å². The van der Waals surface area contributed by atoms with Crippen molar-refractivity contribution in [1.82, 2.24) is 25.4 Å². The molecule has 0 spiro atoms. The first kappa shape index (κ1) is 19.9. The Hall–Kier alpha value is -2.87.